The van der Waals surface area contributed by atoms with Gasteiger partial charge in [0.2, 0.25) is 5.95 Å². The lowest BCUT2D eigenvalue weighted by molar-refractivity contribution is -0.138. The highest BCUT2D eigenvalue weighted by Crippen LogP contribution is 2.65. The maximum Gasteiger partial charge on any atom is 0.419 e. The number of fused-ring (bicyclic) bond motifs is 1. The number of aryl methyl sites for hydroxylation is 1. The van der Waals surface area contributed by atoms with Crippen LogP contribution in [0.3, 0.4) is 0 Å². The first-order chi connectivity index (χ1) is 15.3. The Labute approximate surface area is 182 Å². The molecule has 11 heteroatoms. The SMILES string of the molecule is Cc1c(Nc2ncc(C(F)(F)F)c(C3CC3)n2)cnn1[C@H]1C[C@@H]2[C@H](C1)[C@H]2c1ncnn1C. The summed E-state index contributed by atoms with van der Waals surface area (Å²) in [6.07, 6.45) is 3.29. The van der Waals surface area contributed by atoms with E-state index in [2.05, 4.69) is 30.5 Å². The summed E-state index contributed by atoms with van der Waals surface area (Å²) in [5.74, 6) is 2.78. The molecule has 3 aliphatic rings. The van der Waals surface area contributed by atoms with Crippen molar-refractivity contribution in [2.24, 2.45) is 18.9 Å². The largest absolute Gasteiger partial charge is 0.419 e. The van der Waals surface area contributed by atoms with E-state index < -0.39 is 11.7 Å². The average Bonchev–Trinajstić information content (AvgIpc) is 3.56. The van der Waals surface area contributed by atoms with Crippen molar-refractivity contribution in [2.45, 2.75) is 56.7 Å². The van der Waals surface area contributed by atoms with Crippen molar-refractivity contribution in [3.05, 3.63) is 41.5 Å². The van der Waals surface area contributed by atoms with Gasteiger partial charge in [-0.3, -0.25) is 9.36 Å². The highest BCUT2D eigenvalue weighted by molar-refractivity contribution is 5.55. The summed E-state index contributed by atoms with van der Waals surface area (Å²) >= 11 is 0. The zero-order chi connectivity index (χ0) is 22.2. The average molecular weight is 444 g/mol. The smallest absolute Gasteiger partial charge is 0.321 e. The van der Waals surface area contributed by atoms with Crippen molar-refractivity contribution in [1.82, 2.24) is 34.5 Å². The molecule has 0 unspecified atom stereocenters. The van der Waals surface area contributed by atoms with E-state index in [0.717, 1.165) is 49.1 Å². The molecule has 0 aliphatic heterocycles. The number of halogens is 3. The minimum Gasteiger partial charge on any atom is -0.321 e. The Hall–Kier alpha value is -2.98. The Bertz CT molecular complexity index is 1170. The molecule has 3 heterocycles. The second-order valence-corrected chi connectivity index (χ2v) is 9.20. The molecule has 8 nitrogen and oxygen atoms in total. The van der Waals surface area contributed by atoms with E-state index in [1.807, 2.05) is 23.3 Å². The second kappa shape index (κ2) is 6.76. The van der Waals surface area contributed by atoms with E-state index in [1.54, 1.807) is 12.5 Å². The third-order valence-electron chi connectivity index (χ3n) is 7.19. The number of nitrogens with zero attached hydrogens (tertiary/aromatic N) is 7. The van der Waals surface area contributed by atoms with Gasteiger partial charge in [-0.05, 0) is 44.4 Å². The van der Waals surface area contributed by atoms with E-state index >= 15 is 0 Å². The molecule has 0 saturated heterocycles. The fraction of sp³-hybridized carbons (Fsp3) is 0.571. The Morgan fingerprint density at radius 3 is 2.44 bits per heavy atom. The fourth-order valence-corrected chi connectivity index (χ4v) is 5.38. The predicted octanol–water partition coefficient (Wildman–Crippen LogP) is 4.11. The van der Waals surface area contributed by atoms with Gasteiger partial charge in [0, 0.05) is 25.1 Å². The molecular weight excluding hydrogens is 421 g/mol. The van der Waals surface area contributed by atoms with Crippen molar-refractivity contribution >= 4 is 11.6 Å². The van der Waals surface area contributed by atoms with E-state index in [9.17, 15) is 13.2 Å². The quantitative estimate of drug-likeness (QED) is 0.637. The lowest BCUT2D eigenvalue weighted by Gasteiger charge is -2.17. The lowest BCUT2D eigenvalue weighted by Crippen LogP contribution is -2.14. The molecule has 168 valence electrons. The zero-order valence-electron chi connectivity index (χ0n) is 17.7. The molecule has 0 amide bonds. The Morgan fingerprint density at radius 1 is 1.06 bits per heavy atom. The normalized spacial score (nSPS) is 26.9. The third kappa shape index (κ3) is 3.17. The fourth-order valence-electron chi connectivity index (χ4n) is 5.38. The molecule has 4 atom stereocenters. The first kappa shape index (κ1) is 19.7. The summed E-state index contributed by atoms with van der Waals surface area (Å²) in [5, 5.41) is 11.8. The molecule has 0 spiro atoms. The number of hydrogen-bond donors (Lipinski definition) is 1. The molecule has 3 aliphatic carbocycles. The van der Waals surface area contributed by atoms with Crippen molar-refractivity contribution in [2.75, 3.05) is 5.32 Å². The summed E-state index contributed by atoms with van der Waals surface area (Å²) in [6, 6.07) is 0.306. The molecule has 3 aromatic heterocycles. The van der Waals surface area contributed by atoms with Crippen LogP contribution in [0.5, 0.6) is 0 Å². The van der Waals surface area contributed by atoms with Gasteiger partial charge in [-0.15, -0.1) is 0 Å². The van der Waals surface area contributed by atoms with Crippen LogP contribution in [0.2, 0.25) is 0 Å². The van der Waals surface area contributed by atoms with Crippen LogP contribution in [-0.2, 0) is 13.2 Å². The molecule has 0 radical (unpaired) electrons. The molecule has 3 aromatic rings. The lowest BCUT2D eigenvalue weighted by atomic mass is 10.1. The van der Waals surface area contributed by atoms with Crippen LogP contribution in [0, 0.1) is 18.8 Å². The van der Waals surface area contributed by atoms with E-state index in [0.29, 0.717) is 23.8 Å². The minimum absolute atomic E-state index is 0.0886. The summed E-state index contributed by atoms with van der Waals surface area (Å²) in [6.45, 7) is 1.96. The second-order valence-electron chi connectivity index (χ2n) is 9.20. The van der Waals surface area contributed by atoms with Gasteiger partial charge < -0.3 is 5.32 Å². The number of hydrogen-bond acceptors (Lipinski definition) is 6. The van der Waals surface area contributed by atoms with Gasteiger partial charge in [0.05, 0.1) is 34.9 Å². The van der Waals surface area contributed by atoms with Crippen molar-refractivity contribution in [1.29, 1.82) is 0 Å². The van der Waals surface area contributed by atoms with E-state index in [4.69, 9.17) is 0 Å². The molecule has 32 heavy (non-hydrogen) atoms. The number of alkyl halides is 3. The molecule has 6 rings (SSSR count). The molecular formula is C21H23F3N8. The summed E-state index contributed by atoms with van der Waals surface area (Å²) in [7, 11) is 1.93. The van der Waals surface area contributed by atoms with Gasteiger partial charge in [0.15, 0.2) is 0 Å². The zero-order valence-corrected chi connectivity index (χ0v) is 17.7. The van der Waals surface area contributed by atoms with Gasteiger partial charge in [0.1, 0.15) is 12.2 Å². The van der Waals surface area contributed by atoms with Crippen LogP contribution in [0.1, 0.15) is 66.3 Å². The maximum absolute atomic E-state index is 13.3. The maximum atomic E-state index is 13.3. The molecule has 3 fully saturated rings. The third-order valence-corrected chi connectivity index (χ3v) is 7.19. The molecule has 1 N–H and O–H groups in total. The minimum atomic E-state index is -4.44. The Kier molecular flexibility index (Phi) is 4.16. The van der Waals surface area contributed by atoms with Crippen LogP contribution in [-0.4, -0.2) is 34.5 Å². The van der Waals surface area contributed by atoms with E-state index in [1.165, 1.54) is 0 Å². The van der Waals surface area contributed by atoms with Gasteiger partial charge in [-0.2, -0.15) is 23.4 Å². The molecule has 3 saturated carbocycles. The summed E-state index contributed by atoms with van der Waals surface area (Å²) < 4.78 is 43.7. The first-order valence-corrected chi connectivity index (χ1v) is 10.9. The van der Waals surface area contributed by atoms with Crippen molar-refractivity contribution in [3.63, 3.8) is 0 Å². The first-order valence-electron chi connectivity index (χ1n) is 10.9. The summed E-state index contributed by atoms with van der Waals surface area (Å²) in [5.41, 5.74) is 1.01. The van der Waals surface area contributed by atoms with Crippen LogP contribution >= 0.6 is 0 Å². The molecule has 0 aromatic carbocycles. The van der Waals surface area contributed by atoms with Gasteiger partial charge >= 0.3 is 6.18 Å². The highest BCUT2D eigenvalue weighted by atomic mass is 19.4. The van der Waals surface area contributed by atoms with E-state index in [-0.39, 0.29) is 17.6 Å². The topological polar surface area (TPSA) is 86.3 Å². The number of rotatable bonds is 5. The highest BCUT2D eigenvalue weighted by Gasteiger charge is 2.59. The number of aromatic nitrogens is 7. The number of nitrogens with one attached hydrogen (secondary N) is 1. The van der Waals surface area contributed by atoms with Crippen LogP contribution in [0.15, 0.2) is 18.7 Å². The Balaban J connectivity index is 1.18. The van der Waals surface area contributed by atoms with Gasteiger partial charge in [-0.25, -0.2) is 15.0 Å². The summed E-state index contributed by atoms with van der Waals surface area (Å²) in [4.78, 5) is 12.6. The molecule has 0 bridgehead atoms. The van der Waals surface area contributed by atoms with Gasteiger partial charge in [-0.1, -0.05) is 0 Å². The standard InChI is InChI=1S/C21H23F3N8/c1-10-16(29-20-25-7-15(21(22,23)24)18(30-20)11-3-4-11)8-27-32(10)12-5-13-14(6-12)17(13)19-26-9-28-31(19)2/h7-9,11-14,17H,3-6H2,1-2H3,(H,25,29,30)/t12-,13+,14-,17-. The predicted molar refractivity (Wildman–Crippen MR) is 108 cm³/mol. The Morgan fingerprint density at radius 2 is 1.81 bits per heavy atom. The van der Waals surface area contributed by atoms with Gasteiger partial charge in [0.25, 0.3) is 0 Å². The van der Waals surface area contributed by atoms with Crippen LogP contribution in [0.25, 0.3) is 0 Å². The monoisotopic (exact) mass is 444 g/mol. The van der Waals surface area contributed by atoms with Crippen LogP contribution in [0.4, 0.5) is 24.8 Å². The number of anilines is 2. The van der Waals surface area contributed by atoms with Crippen molar-refractivity contribution < 1.29 is 13.2 Å². The van der Waals surface area contributed by atoms with Crippen LogP contribution < -0.4 is 5.32 Å². The van der Waals surface area contributed by atoms with Crippen molar-refractivity contribution in [3.8, 4) is 0 Å².